The van der Waals surface area contributed by atoms with E-state index in [4.69, 9.17) is 5.11 Å². The summed E-state index contributed by atoms with van der Waals surface area (Å²) < 4.78 is 25.7. The van der Waals surface area contributed by atoms with E-state index in [0.29, 0.717) is 11.1 Å². The van der Waals surface area contributed by atoms with Crippen molar-refractivity contribution in [1.82, 2.24) is 0 Å². The van der Waals surface area contributed by atoms with E-state index >= 15 is 0 Å². The Morgan fingerprint density at radius 3 is 2.32 bits per heavy atom. The third-order valence-corrected chi connectivity index (χ3v) is 2.58. The van der Waals surface area contributed by atoms with Crippen LogP contribution in [-0.4, -0.2) is 11.0 Å². The zero-order valence-corrected chi connectivity index (χ0v) is 9.86. The third kappa shape index (κ3) is 3.14. The molecule has 2 rings (SSSR count). The number of benzene rings is 2. The molecule has 0 bridgehead atoms. The maximum absolute atomic E-state index is 13.0. The van der Waals surface area contributed by atoms with Gasteiger partial charge >= 0.3 is 0 Å². The molecule has 0 radical (unpaired) electrons. The summed E-state index contributed by atoms with van der Waals surface area (Å²) >= 11 is 0. The second-order valence-corrected chi connectivity index (χ2v) is 3.94. The molecule has 0 saturated carbocycles. The van der Waals surface area contributed by atoms with Crippen molar-refractivity contribution in [1.29, 1.82) is 0 Å². The predicted octanol–water partition coefficient (Wildman–Crippen LogP) is 2.71. The number of hydrogen-bond donors (Lipinski definition) is 2. The molecular formula is C14H11F2NO2. The Morgan fingerprint density at radius 2 is 1.74 bits per heavy atom. The molecule has 98 valence electrons. The molecule has 19 heavy (non-hydrogen) atoms. The van der Waals surface area contributed by atoms with Crippen LogP contribution in [0.15, 0.2) is 42.5 Å². The van der Waals surface area contributed by atoms with Gasteiger partial charge in [-0.2, -0.15) is 0 Å². The van der Waals surface area contributed by atoms with Gasteiger partial charge in [-0.15, -0.1) is 0 Å². The molecule has 0 atom stereocenters. The normalized spacial score (nSPS) is 10.3. The van der Waals surface area contributed by atoms with Gasteiger partial charge < -0.3 is 10.4 Å². The molecule has 0 fully saturated rings. The number of hydrogen-bond acceptors (Lipinski definition) is 2. The van der Waals surface area contributed by atoms with Crippen LogP contribution in [0.4, 0.5) is 14.5 Å². The largest absolute Gasteiger partial charge is 0.392 e. The Hall–Kier alpha value is -2.27. The molecule has 0 aliphatic carbocycles. The number of anilines is 1. The average molecular weight is 263 g/mol. The Bertz CT molecular complexity index is 597. The zero-order valence-electron chi connectivity index (χ0n) is 9.86. The molecule has 3 nitrogen and oxygen atoms in total. The minimum absolute atomic E-state index is 0.106. The summed E-state index contributed by atoms with van der Waals surface area (Å²) in [7, 11) is 0. The number of carbonyl (C=O) groups is 1. The van der Waals surface area contributed by atoms with Gasteiger partial charge in [0, 0.05) is 17.3 Å². The van der Waals surface area contributed by atoms with Crippen LogP contribution >= 0.6 is 0 Å². The van der Waals surface area contributed by atoms with Crippen LogP contribution in [0.5, 0.6) is 0 Å². The summed E-state index contributed by atoms with van der Waals surface area (Å²) in [6.07, 6.45) is 0. The van der Waals surface area contributed by atoms with Crippen molar-refractivity contribution in [2.45, 2.75) is 6.61 Å². The van der Waals surface area contributed by atoms with Crippen molar-refractivity contribution in [2.24, 2.45) is 0 Å². The van der Waals surface area contributed by atoms with E-state index in [1.54, 1.807) is 24.3 Å². The Balaban J connectivity index is 2.13. The topological polar surface area (TPSA) is 49.3 Å². The lowest BCUT2D eigenvalue weighted by Crippen LogP contribution is -2.12. The van der Waals surface area contributed by atoms with Gasteiger partial charge in [-0.1, -0.05) is 12.1 Å². The second-order valence-electron chi connectivity index (χ2n) is 3.94. The first-order chi connectivity index (χ1) is 9.10. The smallest absolute Gasteiger partial charge is 0.255 e. The van der Waals surface area contributed by atoms with Gasteiger partial charge in [-0.05, 0) is 29.8 Å². The van der Waals surface area contributed by atoms with Crippen LogP contribution in [-0.2, 0) is 6.61 Å². The van der Waals surface area contributed by atoms with Crippen molar-refractivity contribution in [3.8, 4) is 0 Å². The first kappa shape index (κ1) is 13.2. The first-order valence-corrected chi connectivity index (χ1v) is 5.56. The fraction of sp³-hybridized carbons (Fsp3) is 0.0714. The van der Waals surface area contributed by atoms with Crippen molar-refractivity contribution in [3.63, 3.8) is 0 Å². The Kier molecular flexibility index (Phi) is 3.87. The molecule has 2 aromatic carbocycles. The van der Waals surface area contributed by atoms with Crippen LogP contribution in [0, 0.1) is 11.6 Å². The van der Waals surface area contributed by atoms with Crippen LogP contribution < -0.4 is 5.32 Å². The lowest BCUT2D eigenvalue weighted by molar-refractivity contribution is 0.102. The van der Waals surface area contributed by atoms with Gasteiger partial charge in [0.05, 0.1) is 6.61 Å². The Labute approximate surface area is 108 Å². The zero-order chi connectivity index (χ0) is 13.8. The van der Waals surface area contributed by atoms with Gasteiger partial charge in [0.1, 0.15) is 0 Å². The van der Waals surface area contributed by atoms with Gasteiger partial charge in [0.25, 0.3) is 5.91 Å². The maximum atomic E-state index is 13.0. The molecule has 0 aliphatic rings. The lowest BCUT2D eigenvalue weighted by atomic mass is 10.1. The minimum Gasteiger partial charge on any atom is -0.392 e. The summed E-state index contributed by atoms with van der Waals surface area (Å²) in [6, 6.07) is 9.44. The standard InChI is InChI=1S/C14H11F2NO2/c15-12-6-5-11(7-13(12)16)17-14(19)10-3-1-9(8-18)2-4-10/h1-7,18H,8H2,(H,17,19). The Morgan fingerprint density at radius 1 is 1.05 bits per heavy atom. The van der Waals surface area contributed by atoms with Crippen LogP contribution in [0.3, 0.4) is 0 Å². The van der Waals surface area contributed by atoms with E-state index in [9.17, 15) is 13.6 Å². The number of carbonyl (C=O) groups excluding carboxylic acids is 1. The molecule has 0 saturated heterocycles. The van der Waals surface area contributed by atoms with Gasteiger partial charge in [0.15, 0.2) is 11.6 Å². The first-order valence-electron chi connectivity index (χ1n) is 5.56. The summed E-state index contributed by atoms with van der Waals surface area (Å²) in [6.45, 7) is -0.106. The highest BCUT2D eigenvalue weighted by molar-refractivity contribution is 6.04. The van der Waals surface area contributed by atoms with Crippen molar-refractivity contribution < 1.29 is 18.7 Å². The number of nitrogens with one attached hydrogen (secondary N) is 1. The van der Waals surface area contributed by atoms with E-state index in [2.05, 4.69) is 5.32 Å². The molecule has 0 unspecified atom stereocenters. The number of aliphatic hydroxyl groups excluding tert-OH is 1. The van der Waals surface area contributed by atoms with E-state index in [0.717, 1.165) is 12.1 Å². The fourth-order valence-electron chi connectivity index (χ4n) is 1.54. The van der Waals surface area contributed by atoms with Crippen molar-refractivity contribution in [2.75, 3.05) is 5.32 Å². The summed E-state index contributed by atoms with van der Waals surface area (Å²) in [5.41, 5.74) is 1.22. The monoisotopic (exact) mass is 263 g/mol. The second kappa shape index (κ2) is 5.58. The molecule has 1 amide bonds. The summed E-state index contributed by atoms with van der Waals surface area (Å²) in [4.78, 5) is 11.8. The van der Waals surface area contributed by atoms with Crippen molar-refractivity contribution >= 4 is 11.6 Å². The summed E-state index contributed by atoms with van der Waals surface area (Å²) in [5, 5.41) is 11.3. The molecule has 0 aromatic heterocycles. The van der Waals surface area contributed by atoms with E-state index in [1.165, 1.54) is 6.07 Å². The summed E-state index contributed by atoms with van der Waals surface area (Å²) in [5.74, 6) is -2.42. The van der Waals surface area contributed by atoms with Crippen LogP contribution in [0.2, 0.25) is 0 Å². The number of rotatable bonds is 3. The highest BCUT2D eigenvalue weighted by Gasteiger charge is 2.08. The number of aliphatic hydroxyl groups is 1. The molecule has 2 N–H and O–H groups in total. The molecule has 0 heterocycles. The maximum Gasteiger partial charge on any atom is 0.255 e. The fourth-order valence-corrected chi connectivity index (χ4v) is 1.54. The van der Waals surface area contributed by atoms with Gasteiger partial charge in [-0.25, -0.2) is 8.78 Å². The van der Waals surface area contributed by atoms with Crippen molar-refractivity contribution in [3.05, 3.63) is 65.2 Å². The van der Waals surface area contributed by atoms with E-state index in [1.807, 2.05) is 0 Å². The lowest BCUT2D eigenvalue weighted by Gasteiger charge is -2.06. The average Bonchev–Trinajstić information content (AvgIpc) is 2.43. The van der Waals surface area contributed by atoms with E-state index < -0.39 is 17.5 Å². The molecule has 0 spiro atoms. The highest BCUT2D eigenvalue weighted by atomic mass is 19.2. The van der Waals surface area contributed by atoms with Crippen LogP contribution in [0.25, 0.3) is 0 Å². The van der Waals surface area contributed by atoms with E-state index in [-0.39, 0.29) is 12.3 Å². The molecule has 5 heteroatoms. The van der Waals surface area contributed by atoms with Crippen LogP contribution in [0.1, 0.15) is 15.9 Å². The predicted molar refractivity (Wildman–Crippen MR) is 66.7 cm³/mol. The molecular weight excluding hydrogens is 252 g/mol. The molecule has 0 aliphatic heterocycles. The quantitative estimate of drug-likeness (QED) is 0.894. The third-order valence-electron chi connectivity index (χ3n) is 2.58. The number of amides is 1. The number of halogens is 2. The highest BCUT2D eigenvalue weighted by Crippen LogP contribution is 2.14. The van der Waals surface area contributed by atoms with Gasteiger partial charge in [-0.3, -0.25) is 4.79 Å². The molecule has 2 aromatic rings. The minimum atomic E-state index is -1.02. The SMILES string of the molecule is O=C(Nc1ccc(F)c(F)c1)c1ccc(CO)cc1. The van der Waals surface area contributed by atoms with Gasteiger partial charge in [0.2, 0.25) is 0 Å².